The van der Waals surface area contributed by atoms with E-state index < -0.39 is 10.0 Å². The predicted molar refractivity (Wildman–Crippen MR) is 139 cm³/mol. The molecule has 0 saturated carbocycles. The Kier molecular flexibility index (Phi) is 8.00. The summed E-state index contributed by atoms with van der Waals surface area (Å²) >= 11 is 5.98. The van der Waals surface area contributed by atoms with Gasteiger partial charge >= 0.3 is 0 Å². The molecule has 0 aliphatic carbocycles. The molecule has 1 aromatic heterocycles. The molecule has 0 saturated heterocycles. The first-order chi connectivity index (χ1) is 17.3. The van der Waals surface area contributed by atoms with E-state index >= 15 is 0 Å². The van der Waals surface area contributed by atoms with Crippen LogP contribution in [-0.4, -0.2) is 24.8 Å². The number of hydrogen-bond donors (Lipinski definition) is 1. The summed E-state index contributed by atoms with van der Waals surface area (Å²) in [6.45, 7) is 2.07. The van der Waals surface area contributed by atoms with Gasteiger partial charge in [0.05, 0.1) is 17.7 Å². The van der Waals surface area contributed by atoms with Crippen LogP contribution >= 0.6 is 11.6 Å². The number of nitrogens with one attached hydrogen (secondary N) is 1. The molecule has 36 heavy (non-hydrogen) atoms. The van der Waals surface area contributed by atoms with E-state index in [-0.39, 0.29) is 23.9 Å². The minimum atomic E-state index is -3.81. The minimum absolute atomic E-state index is 0.00339. The highest BCUT2D eigenvalue weighted by Gasteiger charge is 2.26. The van der Waals surface area contributed by atoms with Crippen molar-refractivity contribution in [3.63, 3.8) is 0 Å². The number of halogens is 1. The van der Waals surface area contributed by atoms with Gasteiger partial charge in [0.2, 0.25) is 10.0 Å². The van der Waals surface area contributed by atoms with Crippen LogP contribution < -0.4 is 5.43 Å². The molecule has 4 rings (SSSR count). The Balaban J connectivity index is 1.49. The third-order valence-electron chi connectivity index (χ3n) is 5.34. The van der Waals surface area contributed by atoms with Crippen molar-refractivity contribution in [1.29, 1.82) is 0 Å². The minimum Gasteiger partial charge on any atom is -0.459 e. The van der Waals surface area contributed by atoms with Crippen molar-refractivity contribution in [3.05, 3.63) is 124 Å². The van der Waals surface area contributed by atoms with E-state index in [1.54, 1.807) is 78.9 Å². The van der Waals surface area contributed by atoms with Crippen LogP contribution in [0.4, 0.5) is 0 Å². The lowest BCUT2D eigenvalue weighted by molar-refractivity contribution is 0.0955. The molecule has 0 unspecified atom stereocenters. The van der Waals surface area contributed by atoms with Crippen molar-refractivity contribution in [2.24, 2.45) is 5.10 Å². The van der Waals surface area contributed by atoms with Crippen LogP contribution in [0.15, 0.2) is 105 Å². The molecule has 7 nitrogen and oxygen atoms in total. The lowest BCUT2D eigenvalue weighted by Crippen LogP contribution is -2.30. The fourth-order valence-corrected chi connectivity index (χ4v) is 4.95. The van der Waals surface area contributed by atoms with Gasteiger partial charge in [0, 0.05) is 17.1 Å². The molecule has 0 aliphatic rings. The number of carbonyl (C=O) groups excluding carboxylic acids is 1. The van der Waals surface area contributed by atoms with Crippen molar-refractivity contribution >= 4 is 33.7 Å². The zero-order chi connectivity index (χ0) is 25.5. The summed E-state index contributed by atoms with van der Waals surface area (Å²) in [7, 11) is -3.81. The predicted octanol–water partition coefficient (Wildman–Crippen LogP) is 5.40. The summed E-state index contributed by atoms with van der Waals surface area (Å²) < 4.78 is 33.9. The molecule has 4 aromatic rings. The normalized spacial score (nSPS) is 11.8. The fourth-order valence-electron chi connectivity index (χ4n) is 3.41. The molecule has 1 heterocycles. The Morgan fingerprint density at radius 3 is 2.33 bits per heavy atom. The van der Waals surface area contributed by atoms with E-state index in [2.05, 4.69) is 10.5 Å². The van der Waals surface area contributed by atoms with E-state index in [1.165, 1.54) is 10.5 Å². The maximum Gasteiger partial charge on any atom is 0.271 e. The second-order valence-electron chi connectivity index (χ2n) is 8.08. The largest absolute Gasteiger partial charge is 0.459 e. The average molecular weight is 522 g/mol. The second-order valence-corrected chi connectivity index (χ2v) is 10.5. The van der Waals surface area contributed by atoms with Gasteiger partial charge in [-0.25, -0.2) is 13.8 Å². The zero-order valence-electron chi connectivity index (χ0n) is 19.5. The summed E-state index contributed by atoms with van der Waals surface area (Å²) in [5.74, 6) is 0.452. The maximum absolute atomic E-state index is 13.4. The van der Waals surface area contributed by atoms with Gasteiger partial charge in [-0.3, -0.25) is 4.79 Å². The van der Waals surface area contributed by atoms with E-state index in [4.69, 9.17) is 16.0 Å². The van der Waals surface area contributed by atoms with E-state index in [0.717, 1.165) is 11.1 Å². The molecule has 9 heteroatoms. The third-order valence-corrected chi connectivity index (χ3v) is 7.40. The highest BCUT2D eigenvalue weighted by Crippen LogP contribution is 2.22. The molecule has 0 aliphatic heterocycles. The highest BCUT2D eigenvalue weighted by atomic mass is 35.5. The van der Waals surface area contributed by atoms with Gasteiger partial charge in [-0.05, 0) is 61.0 Å². The smallest absolute Gasteiger partial charge is 0.271 e. The van der Waals surface area contributed by atoms with Gasteiger partial charge in [-0.15, -0.1) is 0 Å². The van der Waals surface area contributed by atoms with Crippen molar-refractivity contribution in [2.45, 2.75) is 24.9 Å². The first-order valence-corrected chi connectivity index (χ1v) is 12.9. The molecule has 1 N–H and O–H groups in total. The number of furan rings is 1. The van der Waals surface area contributed by atoms with E-state index in [9.17, 15) is 13.2 Å². The molecular formula is C27H24ClN3O4S. The highest BCUT2D eigenvalue weighted by molar-refractivity contribution is 7.89. The van der Waals surface area contributed by atoms with Gasteiger partial charge in [0.1, 0.15) is 11.5 Å². The third kappa shape index (κ3) is 6.48. The van der Waals surface area contributed by atoms with Crippen LogP contribution in [-0.2, 0) is 23.1 Å². The molecular weight excluding hydrogens is 498 g/mol. The molecule has 0 bridgehead atoms. The monoisotopic (exact) mass is 521 g/mol. The Bertz CT molecular complexity index is 1450. The number of rotatable bonds is 9. The van der Waals surface area contributed by atoms with Crippen LogP contribution in [0.3, 0.4) is 0 Å². The summed E-state index contributed by atoms with van der Waals surface area (Å²) in [5, 5.41) is 4.51. The van der Waals surface area contributed by atoms with Crippen LogP contribution in [0.5, 0.6) is 0 Å². The van der Waals surface area contributed by atoms with Crippen molar-refractivity contribution in [2.75, 3.05) is 0 Å². The first-order valence-electron chi connectivity index (χ1n) is 11.1. The number of amides is 1. The summed E-state index contributed by atoms with van der Waals surface area (Å²) in [6, 6.07) is 25.7. The van der Waals surface area contributed by atoms with Gasteiger partial charge in [0.25, 0.3) is 5.91 Å². The number of hydrazone groups is 1. The number of carbonyl (C=O) groups is 1. The summed E-state index contributed by atoms with van der Waals surface area (Å²) in [4.78, 5) is 12.4. The van der Waals surface area contributed by atoms with Crippen LogP contribution in [0.25, 0.3) is 0 Å². The molecule has 0 spiro atoms. The molecule has 3 aromatic carbocycles. The lowest BCUT2D eigenvalue weighted by Gasteiger charge is -2.21. The van der Waals surface area contributed by atoms with Crippen molar-refractivity contribution in [3.8, 4) is 0 Å². The Morgan fingerprint density at radius 2 is 1.64 bits per heavy atom. The second kappa shape index (κ2) is 11.3. The summed E-state index contributed by atoms with van der Waals surface area (Å²) in [6.07, 6.45) is 1.37. The molecule has 0 fully saturated rings. The van der Waals surface area contributed by atoms with E-state index in [1.807, 2.05) is 19.1 Å². The Labute approximate surface area is 215 Å². The van der Waals surface area contributed by atoms with Crippen LogP contribution in [0.2, 0.25) is 5.02 Å². The average Bonchev–Trinajstić information content (AvgIpc) is 3.33. The van der Waals surface area contributed by atoms with Crippen molar-refractivity contribution < 1.29 is 17.6 Å². The maximum atomic E-state index is 13.4. The van der Waals surface area contributed by atoms with E-state index in [0.29, 0.717) is 22.1 Å². The molecule has 1 amide bonds. The van der Waals surface area contributed by atoms with Crippen molar-refractivity contribution in [1.82, 2.24) is 9.73 Å². The Hall–Kier alpha value is -3.72. The fraction of sp³-hybridized carbons (Fsp3) is 0.111. The molecule has 0 radical (unpaired) electrons. The quantitative estimate of drug-likeness (QED) is 0.236. The topological polar surface area (TPSA) is 92.0 Å². The lowest BCUT2D eigenvalue weighted by atomic mass is 10.1. The van der Waals surface area contributed by atoms with Gasteiger partial charge in [-0.1, -0.05) is 59.6 Å². The van der Waals surface area contributed by atoms with Gasteiger partial charge in [0.15, 0.2) is 0 Å². The number of benzene rings is 3. The number of nitrogens with zero attached hydrogens (tertiary/aromatic N) is 2. The number of sulfonamides is 1. The Morgan fingerprint density at radius 1 is 0.944 bits per heavy atom. The SMILES string of the molecule is Cc1ccc(C(=O)N/N=C\c2ccc(CN(Cc3ccc(Cl)cc3)S(=O)(=O)c3ccccc3)o2)cc1. The first kappa shape index (κ1) is 25.4. The molecule has 184 valence electrons. The zero-order valence-corrected chi connectivity index (χ0v) is 21.0. The van der Waals surface area contributed by atoms with Gasteiger partial charge in [-0.2, -0.15) is 9.41 Å². The standard InChI is InChI=1S/C27H24ClN3O4S/c1-20-7-11-22(12-8-20)27(32)30-29-17-24-15-16-25(35-24)19-31(18-21-9-13-23(28)14-10-21)36(33,34)26-5-3-2-4-6-26/h2-17H,18-19H2,1H3,(H,30,32)/b29-17-. The van der Waals surface area contributed by atoms with Crippen LogP contribution in [0, 0.1) is 6.92 Å². The van der Waals surface area contributed by atoms with Gasteiger partial charge < -0.3 is 4.42 Å². The number of hydrogen-bond acceptors (Lipinski definition) is 5. The number of aryl methyl sites for hydroxylation is 1. The summed E-state index contributed by atoms with van der Waals surface area (Å²) in [5.41, 5.74) is 4.78. The van der Waals surface area contributed by atoms with Crippen LogP contribution in [0.1, 0.15) is 33.0 Å². The molecule has 0 atom stereocenters.